The molecule has 1 heterocycles. The van der Waals surface area contributed by atoms with Crippen LogP contribution < -0.4 is 0 Å². The maximum absolute atomic E-state index is 12.2. The lowest BCUT2D eigenvalue weighted by Gasteiger charge is -2.39. The maximum atomic E-state index is 12.2. The van der Waals surface area contributed by atoms with Crippen LogP contribution in [-0.4, -0.2) is 50.2 Å². The third-order valence-corrected chi connectivity index (χ3v) is 4.03. The van der Waals surface area contributed by atoms with Gasteiger partial charge in [-0.15, -0.1) is 0 Å². The summed E-state index contributed by atoms with van der Waals surface area (Å²) in [6, 6.07) is 0. The van der Waals surface area contributed by atoms with E-state index in [-0.39, 0.29) is 24.3 Å². The highest BCUT2D eigenvalue weighted by Gasteiger charge is 2.46. The average molecular weight is 330 g/mol. The number of carbonyl (C=O) groups excluding carboxylic acids is 1. The van der Waals surface area contributed by atoms with Gasteiger partial charge in [-0.3, -0.25) is 0 Å². The zero-order valence-corrected chi connectivity index (χ0v) is 15.2. The van der Waals surface area contributed by atoms with Gasteiger partial charge in [0.05, 0.1) is 0 Å². The van der Waals surface area contributed by atoms with E-state index in [0.717, 1.165) is 38.5 Å². The number of ether oxygens (including phenoxy) is 4. The van der Waals surface area contributed by atoms with Crippen LogP contribution in [0.5, 0.6) is 0 Å². The van der Waals surface area contributed by atoms with Gasteiger partial charge in [0.15, 0.2) is 6.10 Å². The molecule has 1 fully saturated rings. The molecule has 1 saturated heterocycles. The van der Waals surface area contributed by atoms with Crippen LogP contribution >= 0.6 is 0 Å². The van der Waals surface area contributed by atoms with E-state index in [4.69, 9.17) is 18.9 Å². The van der Waals surface area contributed by atoms with Gasteiger partial charge in [0.25, 0.3) is 0 Å². The van der Waals surface area contributed by atoms with Gasteiger partial charge in [-0.2, -0.15) is 0 Å². The maximum Gasteiger partial charge on any atom is 0.338 e. The second kappa shape index (κ2) is 11.8. The van der Waals surface area contributed by atoms with Gasteiger partial charge in [0, 0.05) is 19.8 Å². The smallest absolute Gasteiger partial charge is 0.338 e. The number of carbonyl (C=O) groups is 1. The SMILES string of the molecule is CCCCOC1C(=O)OC(C)C(OCCCC)C1OCCCC. The lowest BCUT2D eigenvalue weighted by Crippen LogP contribution is -2.58. The molecular weight excluding hydrogens is 296 g/mol. The van der Waals surface area contributed by atoms with E-state index in [0.29, 0.717) is 19.8 Å². The molecule has 4 unspecified atom stereocenters. The molecule has 0 aromatic carbocycles. The van der Waals surface area contributed by atoms with E-state index in [1.807, 2.05) is 6.92 Å². The van der Waals surface area contributed by atoms with Crippen molar-refractivity contribution in [3.05, 3.63) is 0 Å². The molecule has 0 saturated carbocycles. The van der Waals surface area contributed by atoms with E-state index in [2.05, 4.69) is 20.8 Å². The number of unbranched alkanes of at least 4 members (excludes halogenated alkanes) is 3. The molecule has 5 heteroatoms. The van der Waals surface area contributed by atoms with Crippen LogP contribution in [0, 0.1) is 0 Å². The van der Waals surface area contributed by atoms with Crippen molar-refractivity contribution in [3.63, 3.8) is 0 Å². The molecule has 0 N–H and O–H groups in total. The van der Waals surface area contributed by atoms with E-state index < -0.39 is 6.10 Å². The first-order chi connectivity index (χ1) is 11.2. The second-order valence-corrected chi connectivity index (χ2v) is 6.16. The summed E-state index contributed by atoms with van der Waals surface area (Å²) in [5.41, 5.74) is 0. The van der Waals surface area contributed by atoms with Crippen molar-refractivity contribution >= 4 is 5.97 Å². The Morgan fingerprint density at radius 3 is 1.83 bits per heavy atom. The lowest BCUT2D eigenvalue weighted by molar-refractivity contribution is -0.225. The van der Waals surface area contributed by atoms with Crippen molar-refractivity contribution in [2.24, 2.45) is 0 Å². The highest BCUT2D eigenvalue weighted by molar-refractivity contribution is 5.76. The van der Waals surface area contributed by atoms with Crippen LogP contribution in [0.1, 0.15) is 66.2 Å². The summed E-state index contributed by atoms with van der Waals surface area (Å²) in [7, 11) is 0. The van der Waals surface area contributed by atoms with Gasteiger partial charge < -0.3 is 18.9 Å². The standard InChI is InChI=1S/C18H34O5/c1-5-8-11-20-15-14(4)23-18(19)17(22-13-10-7-3)16(15)21-12-9-6-2/h14-17H,5-13H2,1-4H3. The van der Waals surface area contributed by atoms with Crippen molar-refractivity contribution in [2.75, 3.05) is 19.8 Å². The van der Waals surface area contributed by atoms with Gasteiger partial charge in [-0.05, 0) is 26.2 Å². The quantitative estimate of drug-likeness (QED) is 0.405. The van der Waals surface area contributed by atoms with E-state index in [1.54, 1.807) is 0 Å². The third kappa shape index (κ3) is 6.77. The molecule has 0 radical (unpaired) electrons. The lowest BCUT2D eigenvalue weighted by atomic mass is 9.99. The summed E-state index contributed by atoms with van der Waals surface area (Å²) in [5.74, 6) is -0.328. The number of rotatable bonds is 12. The van der Waals surface area contributed by atoms with Crippen molar-refractivity contribution in [1.29, 1.82) is 0 Å². The number of hydrogen-bond acceptors (Lipinski definition) is 5. The van der Waals surface area contributed by atoms with E-state index in [9.17, 15) is 4.79 Å². The molecule has 0 bridgehead atoms. The van der Waals surface area contributed by atoms with Crippen molar-refractivity contribution in [1.82, 2.24) is 0 Å². The predicted molar refractivity (Wildman–Crippen MR) is 89.5 cm³/mol. The molecule has 0 aromatic rings. The van der Waals surface area contributed by atoms with Crippen molar-refractivity contribution in [3.8, 4) is 0 Å². The van der Waals surface area contributed by atoms with Gasteiger partial charge in [0.2, 0.25) is 0 Å². The Labute approximate surface area is 141 Å². The molecular formula is C18H34O5. The van der Waals surface area contributed by atoms with Crippen LogP contribution in [0.25, 0.3) is 0 Å². The minimum atomic E-state index is -0.679. The Kier molecular flexibility index (Phi) is 10.5. The molecule has 136 valence electrons. The average Bonchev–Trinajstić information content (AvgIpc) is 2.53. The minimum absolute atomic E-state index is 0.261. The molecule has 1 aliphatic heterocycles. The molecule has 0 spiro atoms. The fourth-order valence-electron chi connectivity index (χ4n) is 2.55. The van der Waals surface area contributed by atoms with Crippen molar-refractivity contribution < 1.29 is 23.7 Å². The molecule has 1 rings (SSSR count). The van der Waals surface area contributed by atoms with Gasteiger partial charge in [0.1, 0.15) is 18.3 Å². The summed E-state index contributed by atoms with van der Waals surface area (Å²) in [5, 5.41) is 0. The Balaban J connectivity index is 2.73. The largest absolute Gasteiger partial charge is 0.458 e. The molecule has 5 nitrogen and oxygen atoms in total. The summed E-state index contributed by atoms with van der Waals surface area (Å²) >= 11 is 0. The van der Waals surface area contributed by atoms with Crippen LogP contribution in [0.2, 0.25) is 0 Å². The molecule has 23 heavy (non-hydrogen) atoms. The van der Waals surface area contributed by atoms with Crippen LogP contribution in [0.4, 0.5) is 0 Å². The normalized spacial score (nSPS) is 27.9. The summed E-state index contributed by atoms with van der Waals surface area (Å²) in [6.07, 6.45) is 4.38. The molecule has 0 aliphatic carbocycles. The summed E-state index contributed by atoms with van der Waals surface area (Å²) in [4.78, 5) is 12.2. The Hall–Kier alpha value is -0.650. The minimum Gasteiger partial charge on any atom is -0.458 e. The summed E-state index contributed by atoms with van der Waals surface area (Å²) < 4.78 is 23.2. The zero-order chi connectivity index (χ0) is 17.1. The van der Waals surface area contributed by atoms with E-state index in [1.165, 1.54) is 0 Å². The predicted octanol–water partition coefficient (Wildman–Crippen LogP) is 3.49. The number of esters is 1. The van der Waals surface area contributed by atoms with Crippen LogP contribution in [0.15, 0.2) is 0 Å². The topological polar surface area (TPSA) is 54.0 Å². The first kappa shape index (κ1) is 20.4. The Morgan fingerprint density at radius 2 is 1.30 bits per heavy atom. The fraction of sp³-hybridized carbons (Fsp3) is 0.944. The summed E-state index contributed by atoms with van der Waals surface area (Å²) in [6.45, 7) is 10.0. The molecule has 1 aliphatic rings. The Bertz CT molecular complexity index is 321. The van der Waals surface area contributed by atoms with Gasteiger partial charge in [-0.1, -0.05) is 40.0 Å². The molecule has 0 aromatic heterocycles. The zero-order valence-electron chi connectivity index (χ0n) is 15.2. The monoisotopic (exact) mass is 330 g/mol. The third-order valence-electron chi connectivity index (χ3n) is 4.03. The first-order valence-corrected chi connectivity index (χ1v) is 9.20. The first-order valence-electron chi connectivity index (χ1n) is 9.20. The van der Waals surface area contributed by atoms with Crippen LogP contribution in [0.3, 0.4) is 0 Å². The second-order valence-electron chi connectivity index (χ2n) is 6.16. The Morgan fingerprint density at radius 1 is 0.826 bits per heavy atom. The number of cyclic esters (lactones) is 1. The highest BCUT2D eigenvalue weighted by atomic mass is 16.6. The van der Waals surface area contributed by atoms with Gasteiger partial charge >= 0.3 is 5.97 Å². The highest BCUT2D eigenvalue weighted by Crippen LogP contribution is 2.25. The number of hydrogen-bond donors (Lipinski definition) is 0. The molecule has 4 atom stereocenters. The fourth-order valence-corrected chi connectivity index (χ4v) is 2.55. The molecule has 0 amide bonds. The van der Waals surface area contributed by atoms with Crippen LogP contribution in [-0.2, 0) is 23.7 Å². The van der Waals surface area contributed by atoms with Gasteiger partial charge in [-0.25, -0.2) is 4.79 Å². The van der Waals surface area contributed by atoms with Crippen molar-refractivity contribution in [2.45, 2.75) is 90.6 Å². The van der Waals surface area contributed by atoms with E-state index >= 15 is 0 Å².